The van der Waals surface area contributed by atoms with E-state index < -0.39 is 0 Å². The van der Waals surface area contributed by atoms with Crippen LogP contribution < -0.4 is 5.32 Å². The molecule has 0 aliphatic heterocycles. The average Bonchev–Trinajstić information content (AvgIpc) is 2.30. The van der Waals surface area contributed by atoms with Gasteiger partial charge in [-0.1, -0.05) is 29.3 Å². The second-order valence-corrected chi connectivity index (χ2v) is 4.67. The molecule has 1 amide bonds. The van der Waals surface area contributed by atoms with E-state index in [9.17, 15) is 4.79 Å². The first-order valence-corrected chi connectivity index (χ1v) is 6.12. The van der Waals surface area contributed by atoms with Gasteiger partial charge < -0.3 is 10.2 Å². The van der Waals surface area contributed by atoms with Gasteiger partial charge in [-0.3, -0.25) is 4.79 Å². The van der Waals surface area contributed by atoms with Crippen LogP contribution in [0.4, 0.5) is 0 Å². The quantitative estimate of drug-likeness (QED) is 0.895. The van der Waals surface area contributed by atoms with Gasteiger partial charge in [0.2, 0.25) is 5.91 Å². The number of amides is 1. The van der Waals surface area contributed by atoms with Gasteiger partial charge >= 0.3 is 0 Å². The molecule has 0 aliphatic carbocycles. The minimum Gasteiger partial charge on any atom is -0.341 e. The predicted octanol–water partition coefficient (Wildman–Crippen LogP) is 2.56. The lowest BCUT2D eigenvalue weighted by molar-refractivity contribution is -0.130. The molecule has 0 saturated heterocycles. The fourth-order valence-electron chi connectivity index (χ4n) is 1.42. The van der Waals surface area contributed by atoms with E-state index in [1.165, 1.54) is 0 Å². The maximum atomic E-state index is 11.7. The summed E-state index contributed by atoms with van der Waals surface area (Å²) in [5, 5.41) is 3.99. The van der Waals surface area contributed by atoms with Crippen molar-refractivity contribution < 1.29 is 4.79 Å². The van der Waals surface area contributed by atoms with Gasteiger partial charge in [0, 0.05) is 26.6 Å². The number of hydrogen-bond acceptors (Lipinski definition) is 2. The van der Waals surface area contributed by atoms with E-state index in [-0.39, 0.29) is 5.91 Å². The summed E-state index contributed by atoms with van der Waals surface area (Å²) in [4.78, 5) is 13.4. The molecule has 0 radical (unpaired) electrons. The summed E-state index contributed by atoms with van der Waals surface area (Å²) in [6, 6.07) is 5.40. The zero-order valence-corrected chi connectivity index (χ0v) is 11.5. The number of halogens is 2. The molecule has 1 aromatic rings. The first-order chi connectivity index (χ1) is 8.04. The normalized spacial score (nSPS) is 10.4. The first kappa shape index (κ1) is 14.3. The summed E-state index contributed by atoms with van der Waals surface area (Å²) in [5.74, 6) is 0.102. The third-order valence-corrected chi connectivity index (χ3v) is 3.16. The number of carbonyl (C=O) groups excluding carboxylic acids is 1. The van der Waals surface area contributed by atoms with Gasteiger partial charge in [-0.25, -0.2) is 0 Å². The number of nitrogens with zero attached hydrogens (tertiary/aromatic N) is 1. The summed E-state index contributed by atoms with van der Waals surface area (Å²) in [7, 11) is 3.60. The van der Waals surface area contributed by atoms with E-state index in [1.807, 2.05) is 13.1 Å². The molecule has 0 saturated carbocycles. The van der Waals surface area contributed by atoms with Gasteiger partial charge in [0.1, 0.15) is 0 Å². The van der Waals surface area contributed by atoms with Crippen LogP contribution in [0.1, 0.15) is 12.0 Å². The highest BCUT2D eigenvalue weighted by atomic mass is 35.5. The van der Waals surface area contributed by atoms with E-state index in [1.54, 1.807) is 24.1 Å². The molecule has 0 fully saturated rings. The molecule has 0 aliphatic rings. The van der Waals surface area contributed by atoms with Crippen molar-refractivity contribution in [3.05, 3.63) is 33.8 Å². The lowest BCUT2D eigenvalue weighted by Gasteiger charge is -2.17. The lowest BCUT2D eigenvalue weighted by Crippen LogP contribution is -2.28. The van der Waals surface area contributed by atoms with Crippen LogP contribution in [0.5, 0.6) is 0 Å². The second-order valence-electron chi connectivity index (χ2n) is 3.85. The van der Waals surface area contributed by atoms with Crippen LogP contribution in [0, 0.1) is 0 Å². The SMILES string of the molecule is CNCCC(=O)N(C)Cc1ccc(Cl)c(Cl)c1. The molecular weight excluding hydrogens is 259 g/mol. The van der Waals surface area contributed by atoms with Gasteiger partial charge in [-0.2, -0.15) is 0 Å². The van der Waals surface area contributed by atoms with Crippen LogP contribution in [0.2, 0.25) is 10.0 Å². The fraction of sp³-hybridized carbons (Fsp3) is 0.417. The summed E-state index contributed by atoms with van der Waals surface area (Å²) < 4.78 is 0. The highest BCUT2D eigenvalue weighted by Crippen LogP contribution is 2.23. The third kappa shape index (κ3) is 4.54. The molecule has 0 spiro atoms. The first-order valence-electron chi connectivity index (χ1n) is 5.37. The van der Waals surface area contributed by atoms with Crippen LogP contribution in [-0.4, -0.2) is 31.4 Å². The van der Waals surface area contributed by atoms with Crippen molar-refractivity contribution in [2.75, 3.05) is 20.6 Å². The molecule has 17 heavy (non-hydrogen) atoms. The van der Waals surface area contributed by atoms with Crippen LogP contribution in [-0.2, 0) is 11.3 Å². The Morgan fingerprint density at radius 3 is 2.65 bits per heavy atom. The summed E-state index contributed by atoms with van der Waals surface area (Å²) in [5.41, 5.74) is 0.972. The molecule has 0 atom stereocenters. The Morgan fingerprint density at radius 1 is 1.35 bits per heavy atom. The largest absolute Gasteiger partial charge is 0.341 e. The Morgan fingerprint density at radius 2 is 2.06 bits per heavy atom. The molecule has 0 unspecified atom stereocenters. The molecule has 94 valence electrons. The highest BCUT2D eigenvalue weighted by Gasteiger charge is 2.09. The van der Waals surface area contributed by atoms with Crippen molar-refractivity contribution in [2.24, 2.45) is 0 Å². The van der Waals surface area contributed by atoms with Crippen molar-refractivity contribution in [1.82, 2.24) is 10.2 Å². The van der Waals surface area contributed by atoms with Crippen molar-refractivity contribution in [1.29, 1.82) is 0 Å². The van der Waals surface area contributed by atoms with Crippen LogP contribution in [0.25, 0.3) is 0 Å². The van der Waals surface area contributed by atoms with E-state index in [2.05, 4.69) is 5.32 Å². The molecular formula is C12H16Cl2N2O. The smallest absolute Gasteiger partial charge is 0.223 e. The van der Waals surface area contributed by atoms with Gasteiger partial charge in [0.05, 0.1) is 10.0 Å². The Bertz CT molecular complexity index is 396. The maximum Gasteiger partial charge on any atom is 0.223 e. The van der Waals surface area contributed by atoms with Crippen LogP contribution >= 0.6 is 23.2 Å². The molecule has 1 rings (SSSR count). The topological polar surface area (TPSA) is 32.3 Å². The average molecular weight is 275 g/mol. The van der Waals surface area contributed by atoms with Crippen molar-refractivity contribution >= 4 is 29.1 Å². The molecule has 5 heteroatoms. The molecule has 0 aromatic heterocycles. The van der Waals surface area contributed by atoms with E-state index >= 15 is 0 Å². The van der Waals surface area contributed by atoms with Gasteiger partial charge in [-0.15, -0.1) is 0 Å². The number of benzene rings is 1. The Kier molecular flexibility index (Phi) is 5.75. The molecule has 3 nitrogen and oxygen atoms in total. The highest BCUT2D eigenvalue weighted by molar-refractivity contribution is 6.42. The van der Waals surface area contributed by atoms with Gasteiger partial charge in [0.25, 0.3) is 0 Å². The minimum atomic E-state index is 0.102. The molecule has 1 aromatic carbocycles. The van der Waals surface area contributed by atoms with E-state index in [4.69, 9.17) is 23.2 Å². The van der Waals surface area contributed by atoms with Crippen molar-refractivity contribution in [3.63, 3.8) is 0 Å². The van der Waals surface area contributed by atoms with E-state index in [0.29, 0.717) is 29.6 Å². The summed E-state index contributed by atoms with van der Waals surface area (Å²) >= 11 is 11.7. The monoisotopic (exact) mass is 274 g/mol. The fourth-order valence-corrected chi connectivity index (χ4v) is 1.74. The number of rotatable bonds is 5. The Hall–Kier alpha value is -0.770. The standard InChI is InChI=1S/C12H16Cl2N2O/c1-15-6-5-12(17)16(2)8-9-3-4-10(13)11(14)7-9/h3-4,7,15H,5-6,8H2,1-2H3. The zero-order chi connectivity index (χ0) is 12.8. The number of nitrogens with one attached hydrogen (secondary N) is 1. The van der Waals surface area contributed by atoms with Crippen LogP contribution in [0.15, 0.2) is 18.2 Å². The maximum absolute atomic E-state index is 11.7. The minimum absolute atomic E-state index is 0.102. The van der Waals surface area contributed by atoms with Gasteiger partial charge in [0.15, 0.2) is 0 Å². The Balaban J connectivity index is 2.58. The van der Waals surface area contributed by atoms with Crippen molar-refractivity contribution in [3.8, 4) is 0 Å². The second kappa shape index (κ2) is 6.84. The predicted molar refractivity (Wildman–Crippen MR) is 71.5 cm³/mol. The van der Waals surface area contributed by atoms with Crippen molar-refractivity contribution in [2.45, 2.75) is 13.0 Å². The number of hydrogen-bond donors (Lipinski definition) is 1. The molecule has 0 heterocycles. The third-order valence-electron chi connectivity index (χ3n) is 2.42. The molecule has 1 N–H and O–H groups in total. The van der Waals surface area contributed by atoms with Gasteiger partial charge in [-0.05, 0) is 24.7 Å². The summed E-state index contributed by atoms with van der Waals surface area (Å²) in [6.45, 7) is 1.23. The van der Waals surface area contributed by atoms with Crippen LogP contribution in [0.3, 0.4) is 0 Å². The zero-order valence-electron chi connectivity index (χ0n) is 9.96. The van der Waals surface area contributed by atoms with E-state index in [0.717, 1.165) is 5.56 Å². The number of carbonyl (C=O) groups is 1. The Labute approximate surface area is 112 Å². The molecule has 0 bridgehead atoms. The lowest BCUT2D eigenvalue weighted by atomic mass is 10.2. The summed E-state index contributed by atoms with van der Waals surface area (Å²) in [6.07, 6.45) is 0.494.